The van der Waals surface area contributed by atoms with Gasteiger partial charge in [-0.3, -0.25) is 4.90 Å². The van der Waals surface area contributed by atoms with Crippen LogP contribution >= 0.6 is 0 Å². The van der Waals surface area contributed by atoms with E-state index in [1.54, 1.807) is 4.90 Å². The zero-order chi connectivity index (χ0) is 13.1. The number of allylic oxidation sites excluding steroid dienone is 1. The minimum Gasteiger partial charge on any atom is -0.444 e. The highest BCUT2D eigenvalue weighted by Gasteiger charge is 2.29. The van der Waals surface area contributed by atoms with Crippen molar-refractivity contribution in [3.63, 3.8) is 0 Å². The molecule has 0 spiro atoms. The van der Waals surface area contributed by atoms with Crippen LogP contribution in [0.4, 0.5) is 4.79 Å². The van der Waals surface area contributed by atoms with Crippen LogP contribution in [0.3, 0.4) is 0 Å². The summed E-state index contributed by atoms with van der Waals surface area (Å²) in [5.74, 6) is 0. The predicted molar refractivity (Wildman–Crippen MR) is 68.5 cm³/mol. The highest BCUT2D eigenvalue weighted by Crippen LogP contribution is 2.22. The van der Waals surface area contributed by atoms with E-state index in [-0.39, 0.29) is 12.3 Å². The summed E-state index contributed by atoms with van der Waals surface area (Å²) in [6, 6.07) is 0. The van der Waals surface area contributed by atoms with E-state index >= 15 is 0 Å². The average Bonchev–Trinajstić information content (AvgIpc) is 2.15. The molecule has 2 N–H and O–H groups in total. The fourth-order valence-corrected chi connectivity index (χ4v) is 1.93. The Labute approximate surface area is 104 Å². The topological polar surface area (TPSA) is 55.6 Å². The summed E-state index contributed by atoms with van der Waals surface area (Å²) in [6.07, 6.45) is 4.33. The Kier molecular flexibility index (Phi) is 4.57. The second-order valence-electron chi connectivity index (χ2n) is 5.47. The molecule has 1 aliphatic heterocycles. The van der Waals surface area contributed by atoms with Gasteiger partial charge in [0.1, 0.15) is 5.60 Å². The van der Waals surface area contributed by atoms with Crippen molar-refractivity contribution in [2.45, 2.75) is 58.7 Å². The van der Waals surface area contributed by atoms with Crippen LogP contribution < -0.4 is 5.73 Å². The molecule has 1 unspecified atom stereocenters. The van der Waals surface area contributed by atoms with Gasteiger partial charge >= 0.3 is 6.09 Å². The van der Waals surface area contributed by atoms with Crippen LogP contribution in [-0.4, -0.2) is 29.3 Å². The standard InChI is InChI=1S/C13H24N2O2/c1-5-6-10-7-8-15(11(14)9-10)12(16)17-13(2,3)4/h6,11H,5,7-9,14H2,1-4H3/b10-6-. The largest absolute Gasteiger partial charge is 0.444 e. The molecule has 0 radical (unpaired) electrons. The molecule has 1 heterocycles. The smallest absolute Gasteiger partial charge is 0.411 e. The lowest BCUT2D eigenvalue weighted by molar-refractivity contribution is 0.0140. The fraction of sp³-hybridized carbons (Fsp3) is 0.769. The number of nitrogens with two attached hydrogens (primary N) is 1. The third kappa shape index (κ3) is 4.38. The minimum absolute atomic E-state index is 0.253. The number of likely N-dealkylation sites (tertiary alicyclic amines) is 1. The zero-order valence-electron chi connectivity index (χ0n) is 11.3. The number of carbonyl (C=O) groups is 1. The molecule has 0 aromatic heterocycles. The van der Waals surface area contributed by atoms with Gasteiger partial charge < -0.3 is 10.5 Å². The number of piperidine rings is 1. The molecular formula is C13H24N2O2. The first-order valence-electron chi connectivity index (χ1n) is 6.26. The molecule has 4 nitrogen and oxygen atoms in total. The summed E-state index contributed by atoms with van der Waals surface area (Å²) in [5.41, 5.74) is 6.89. The van der Waals surface area contributed by atoms with Crippen molar-refractivity contribution in [3.8, 4) is 0 Å². The molecule has 0 bridgehead atoms. The van der Waals surface area contributed by atoms with Gasteiger partial charge in [0.05, 0.1) is 6.17 Å². The summed E-state index contributed by atoms with van der Waals surface area (Å²) >= 11 is 0. The Bertz CT molecular complexity index is 305. The summed E-state index contributed by atoms with van der Waals surface area (Å²) in [5, 5.41) is 0. The van der Waals surface area contributed by atoms with Crippen molar-refractivity contribution in [1.29, 1.82) is 0 Å². The SMILES string of the molecule is CC/C=C1/CCN(C(=O)OC(C)(C)C)C(N)C1. The van der Waals surface area contributed by atoms with Gasteiger partial charge in [-0.1, -0.05) is 18.6 Å². The first kappa shape index (κ1) is 14.0. The van der Waals surface area contributed by atoms with Gasteiger partial charge in [-0.2, -0.15) is 0 Å². The summed E-state index contributed by atoms with van der Waals surface area (Å²) in [6.45, 7) is 8.36. The van der Waals surface area contributed by atoms with E-state index < -0.39 is 5.60 Å². The predicted octanol–water partition coefficient (Wildman–Crippen LogP) is 2.64. The second kappa shape index (κ2) is 5.54. The van der Waals surface area contributed by atoms with Gasteiger partial charge in [-0.05, 0) is 33.6 Å². The number of carbonyl (C=O) groups excluding carboxylic acids is 1. The number of amides is 1. The third-order valence-electron chi connectivity index (χ3n) is 2.67. The van der Waals surface area contributed by atoms with Gasteiger partial charge in [0.25, 0.3) is 0 Å². The quantitative estimate of drug-likeness (QED) is 0.717. The van der Waals surface area contributed by atoms with Crippen molar-refractivity contribution in [1.82, 2.24) is 4.90 Å². The van der Waals surface area contributed by atoms with E-state index in [4.69, 9.17) is 10.5 Å². The molecule has 1 atom stereocenters. The highest BCUT2D eigenvalue weighted by atomic mass is 16.6. The second-order valence-corrected chi connectivity index (χ2v) is 5.47. The van der Waals surface area contributed by atoms with E-state index in [0.717, 1.165) is 19.3 Å². The molecular weight excluding hydrogens is 216 g/mol. The lowest BCUT2D eigenvalue weighted by atomic mass is 10.0. The molecule has 0 saturated carbocycles. The average molecular weight is 240 g/mol. The molecule has 1 aliphatic rings. The molecule has 0 aliphatic carbocycles. The molecule has 1 rings (SSSR count). The van der Waals surface area contributed by atoms with Crippen molar-refractivity contribution < 1.29 is 9.53 Å². The van der Waals surface area contributed by atoms with E-state index in [0.29, 0.717) is 6.54 Å². The monoisotopic (exact) mass is 240 g/mol. The fourth-order valence-electron chi connectivity index (χ4n) is 1.93. The molecule has 0 aromatic carbocycles. The summed E-state index contributed by atoms with van der Waals surface area (Å²) in [4.78, 5) is 13.5. The Hall–Kier alpha value is -1.03. The summed E-state index contributed by atoms with van der Waals surface area (Å²) in [7, 11) is 0. The van der Waals surface area contributed by atoms with Gasteiger partial charge in [-0.25, -0.2) is 4.79 Å². The van der Waals surface area contributed by atoms with Crippen molar-refractivity contribution in [3.05, 3.63) is 11.6 Å². The maximum Gasteiger partial charge on any atom is 0.411 e. The van der Waals surface area contributed by atoms with Crippen LogP contribution in [0.5, 0.6) is 0 Å². The van der Waals surface area contributed by atoms with Crippen LogP contribution in [0.2, 0.25) is 0 Å². The molecule has 0 aromatic rings. The molecule has 98 valence electrons. The van der Waals surface area contributed by atoms with Crippen LogP contribution in [0.1, 0.15) is 47.0 Å². The normalized spacial score (nSPS) is 23.9. The zero-order valence-corrected chi connectivity index (χ0v) is 11.3. The van der Waals surface area contributed by atoms with Crippen LogP contribution in [0.25, 0.3) is 0 Å². The molecule has 1 amide bonds. The van der Waals surface area contributed by atoms with Gasteiger partial charge in [-0.15, -0.1) is 0 Å². The molecule has 17 heavy (non-hydrogen) atoms. The van der Waals surface area contributed by atoms with Crippen molar-refractivity contribution >= 4 is 6.09 Å². The van der Waals surface area contributed by atoms with Gasteiger partial charge in [0, 0.05) is 13.0 Å². The number of ether oxygens (including phenoxy) is 1. The highest BCUT2D eigenvalue weighted by molar-refractivity contribution is 5.68. The number of rotatable bonds is 1. The van der Waals surface area contributed by atoms with Crippen molar-refractivity contribution in [2.24, 2.45) is 5.73 Å². The maximum atomic E-state index is 11.9. The van der Waals surface area contributed by atoms with Crippen molar-refractivity contribution in [2.75, 3.05) is 6.54 Å². The maximum absolute atomic E-state index is 11.9. The van der Waals surface area contributed by atoms with E-state index in [2.05, 4.69) is 13.0 Å². The minimum atomic E-state index is -0.462. The molecule has 1 saturated heterocycles. The Balaban J connectivity index is 2.58. The first-order chi connectivity index (χ1) is 7.83. The van der Waals surface area contributed by atoms with Gasteiger partial charge in [0.2, 0.25) is 0 Å². The van der Waals surface area contributed by atoms with Gasteiger partial charge in [0.15, 0.2) is 0 Å². The summed E-state index contributed by atoms with van der Waals surface area (Å²) < 4.78 is 5.33. The molecule has 1 fully saturated rings. The van der Waals surface area contributed by atoms with E-state index in [1.807, 2.05) is 20.8 Å². The molecule has 4 heteroatoms. The van der Waals surface area contributed by atoms with E-state index in [1.165, 1.54) is 5.57 Å². The lowest BCUT2D eigenvalue weighted by Gasteiger charge is -2.35. The van der Waals surface area contributed by atoms with Crippen LogP contribution in [0.15, 0.2) is 11.6 Å². The Morgan fingerprint density at radius 1 is 1.59 bits per heavy atom. The first-order valence-corrected chi connectivity index (χ1v) is 6.26. The Morgan fingerprint density at radius 3 is 2.71 bits per heavy atom. The van der Waals surface area contributed by atoms with E-state index in [9.17, 15) is 4.79 Å². The van der Waals surface area contributed by atoms with Crippen LogP contribution in [0, 0.1) is 0 Å². The third-order valence-corrected chi connectivity index (χ3v) is 2.67. The number of nitrogens with zero attached hydrogens (tertiary/aromatic N) is 1. The van der Waals surface area contributed by atoms with Crippen LogP contribution in [-0.2, 0) is 4.74 Å². The number of hydrogen-bond donors (Lipinski definition) is 1. The lowest BCUT2D eigenvalue weighted by Crippen LogP contribution is -2.50. The number of hydrogen-bond acceptors (Lipinski definition) is 3. The Morgan fingerprint density at radius 2 is 2.24 bits per heavy atom.